The average Bonchev–Trinajstić information content (AvgIpc) is 3.29. The second-order valence-corrected chi connectivity index (χ2v) is 7.66. The molecule has 0 saturated carbocycles. The Morgan fingerprint density at radius 2 is 1.76 bits per heavy atom. The van der Waals surface area contributed by atoms with Crippen LogP contribution in [0.4, 0.5) is 0 Å². The minimum atomic E-state index is -0.542. The van der Waals surface area contributed by atoms with Crippen molar-refractivity contribution < 1.29 is 5.11 Å². The first-order chi connectivity index (χ1) is 12.2. The van der Waals surface area contributed by atoms with Crippen molar-refractivity contribution in [3.8, 4) is 5.69 Å². The second kappa shape index (κ2) is 7.28. The predicted molar refractivity (Wildman–Crippen MR) is 98.7 cm³/mol. The molecule has 0 bridgehead atoms. The van der Waals surface area contributed by atoms with Crippen molar-refractivity contribution in [3.05, 3.63) is 48.5 Å². The number of aromatic nitrogens is 2. The van der Waals surface area contributed by atoms with Gasteiger partial charge >= 0.3 is 0 Å². The number of hydrogen-bond donors (Lipinski definition) is 1. The molecule has 0 radical (unpaired) electrons. The van der Waals surface area contributed by atoms with Gasteiger partial charge in [0.05, 0.1) is 11.9 Å². The third-order valence-corrected chi connectivity index (χ3v) is 5.50. The fourth-order valence-electron chi connectivity index (χ4n) is 4.27. The molecule has 2 aromatic rings. The van der Waals surface area contributed by atoms with E-state index in [1.165, 1.54) is 18.4 Å². The Bertz CT molecular complexity index is 664. The molecule has 2 aliphatic rings. The van der Waals surface area contributed by atoms with Crippen molar-refractivity contribution in [1.82, 2.24) is 19.4 Å². The van der Waals surface area contributed by atoms with Crippen molar-refractivity contribution in [2.75, 3.05) is 32.7 Å². The van der Waals surface area contributed by atoms with Crippen molar-refractivity contribution in [2.45, 2.75) is 37.8 Å². The van der Waals surface area contributed by atoms with E-state index in [4.69, 9.17) is 0 Å². The summed E-state index contributed by atoms with van der Waals surface area (Å²) >= 11 is 0. The predicted octanol–water partition coefficient (Wildman–Crippen LogP) is 2.29. The number of β-amino-alcohol motifs (C(OH)–C–C–N with tert-alkyl or cyclic N) is 1. The van der Waals surface area contributed by atoms with Crippen molar-refractivity contribution >= 4 is 0 Å². The first-order valence-corrected chi connectivity index (χ1v) is 9.45. The van der Waals surface area contributed by atoms with Crippen LogP contribution in [0.3, 0.4) is 0 Å². The molecule has 0 spiro atoms. The summed E-state index contributed by atoms with van der Waals surface area (Å²) in [6, 6.07) is 8.64. The first-order valence-electron chi connectivity index (χ1n) is 9.45. The molecule has 0 unspecified atom stereocenters. The fourth-order valence-corrected chi connectivity index (χ4v) is 4.27. The van der Waals surface area contributed by atoms with E-state index in [1.54, 1.807) is 6.20 Å². The molecular formula is C20H28N4O. The van der Waals surface area contributed by atoms with E-state index in [-0.39, 0.29) is 0 Å². The third-order valence-electron chi connectivity index (χ3n) is 5.50. The summed E-state index contributed by atoms with van der Waals surface area (Å²) < 4.78 is 2.01. The maximum Gasteiger partial charge on any atom is 0.0991 e. The Hall–Kier alpha value is -1.69. The zero-order chi connectivity index (χ0) is 17.1. The fraction of sp³-hybridized carbons (Fsp3) is 0.550. The van der Waals surface area contributed by atoms with Crippen LogP contribution in [0.1, 0.15) is 31.2 Å². The van der Waals surface area contributed by atoms with Gasteiger partial charge < -0.3 is 14.6 Å². The van der Waals surface area contributed by atoms with Gasteiger partial charge in [0.2, 0.25) is 0 Å². The van der Waals surface area contributed by atoms with Gasteiger partial charge in [0.25, 0.3) is 0 Å². The van der Waals surface area contributed by atoms with Gasteiger partial charge in [-0.2, -0.15) is 0 Å². The standard InChI is InChI=1S/C20H28N4O/c25-20(15-22-10-1-2-11-22)8-3-12-23(16-20)14-18-4-6-19(7-5-18)24-13-9-21-17-24/h4-7,9,13,17,25H,1-3,8,10-12,14-16H2/t20-/m0/s1. The van der Waals surface area contributed by atoms with Gasteiger partial charge in [0.1, 0.15) is 0 Å². The van der Waals surface area contributed by atoms with Crippen LogP contribution in [0.25, 0.3) is 5.69 Å². The zero-order valence-corrected chi connectivity index (χ0v) is 14.8. The van der Waals surface area contributed by atoms with Crippen LogP contribution in [-0.4, -0.2) is 62.8 Å². The zero-order valence-electron chi connectivity index (χ0n) is 14.8. The molecule has 25 heavy (non-hydrogen) atoms. The summed E-state index contributed by atoms with van der Waals surface area (Å²) in [7, 11) is 0. The van der Waals surface area contributed by atoms with Gasteiger partial charge in [-0.05, 0) is 63.0 Å². The number of imidazole rings is 1. The first kappa shape index (κ1) is 16.8. The van der Waals surface area contributed by atoms with Crippen LogP contribution >= 0.6 is 0 Å². The number of rotatable bonds is 5. The van der Waals surface area contributed by atoms with Crippen LogP contribution < -0.4 is 0 Å². The summed E-state index contributed by atoms with van der Waals surface area (Å²) in [5.41, 5.74) is 1.89. The molecule has 5 nitrogen and oxygen atoms in total. The number of likely N-dealkylation sites (tertiary alicyclic amines) is 2. The Morgan fingerprint density at radius 3 is 2.48 bits per heavy atom. The van der Waals surface area contributed by atoms with Crippen molar-refractivity contribution in [3.63, 3.8) is 0 Å². The Balaban J connectivity index is 1.36. The molecule has 1 N–H and O–H groups in total. The molecular weight excluding hydrogens is 312 g/mol. The lowest BCUT2D eigenvalue weighted by Crippen LogP contribution is -2.53. The topological polar surface area (TPSA) is 44.5 Å². The monoisotopic (exact) mass is 340 g/mol. The van der Waals surface area contributed by atoms with Gasteiger partial charge in [0, 0.05) is 37.7 Å². The Morgan fingerprint density at radius 1 is 1.00 bits per heavy atom. The van der Waals surface area contributed by atoms with Crippen LogP contribution in [0.2, 0.25) is 0 Å². The number of piperidine rings is 1. The van der Waals surface area contributed by atoms with Crippen molar-refractivity contribution in [2.24, 2.45) is 0 Å². The van der Waals surface area contributed by atoms with Gasteiger partial charge in [-0.15, -0.1) is 0 Å². The highest BCUT2D eigenvalue weighted by molar-refractivity contribution is 5.34. The van der Waals surface area contributed by atoms with Gasteiger partial charge in [0.15, 0.2) is 0 Å². The molecule has 5 heteroatoms. The number of hydrogen-bond acceptors (Lipinski definition) is 4. The normalized spacial score (nSPS) is 25.5. The van der Waals surface area contributed by atoms with Crippen molar-refractivity contribution in [1.29, 1.82) is 0 Å². The van der Waals surface area contributed by atoms with Crippen LogP contribution in [-0.2, 0) is 6.54 Å². The maximum atomic E-state index is 11.1. The van der Waals surface area contributed by atoms with E-state index in [2.05, 4.69) is 39.0 Å². The minimum absolute atomic E-state index is 0.542. The smallest absolute Gasteiger partial charge is 0.0991 e. The molecule has 3 heterocycles. The van der Waals surface area contributed by atoms with E-state index < -0.39 is 5.60 Å². The average molecular weight is 340 g/mol. The summed E-state index contributed by atoms with van der Waals surface area (Å²) in [4.78, 5) is 8.94. The molecule has 4 rings (SSSR count). The van der Waals surface area contributed by atoms with E-state index >= 15 is 0 Å². The Labute approximate surface area is 149 Å². The summed E-state index contributed by atoms with van der Waals surface area (Å²) in [6.45, 7) is 5.91. The molecule has 0 aliphatic carbocycles. The lowest BCUT2D eigenvalue weighted by molar-refractivity contribution is -0.0519. The lowest BCUT2D eigenvalue weighted by atomic mass is 9.92. The largest absolute Gasteiger partial charge is 0.387 e. The Kier molecular flexibility index (Phi) is 4.88. The molecule has 134 valence electrons. The van der Waals surface area contributed by atoms with E-state index in [1.807, 2.05) is 17.1 Å². The van der Waals surface area contributed by atoms with Crippen LogP contribution in [0.15, 0.2) is 43.0 Å². The third kappa shape index (κ3) is 4.11. The molecule has 0 amide bonds. The lowest BCUT2D eigenvalue weighted by Gasteiger charge is -2.41. The SMILES string of the molecule is O[C@]1(CN2CCCC2)CCCN(Cc2ccc(-n3ccnc3)cc2)C1. The van der Waals surface area contributed by atoms with Gasteiger partial charge in [-0.25, -0.2) is 4.98 Å². The van der Waals surface area contributed by atoms with E-state index in [0.29, 0.717) is 0 Å². The number of aliphatic hydroxyl groups is 1. The molecule has 2 aliphatic heterocycles. The molecule has 1 atom stereocenters. The molecule has 2 fully saturated rings. The summed E-state index contributed by atoms with van der Waals surface area (Å²) in [5.74, 6) is 0. The van der Waals surface area contributed by atoms with Gasteiger partial charge in [-0.1, -0.05) is 12.1 Å². The van der Waals surface area contributed by atoms with Crippen LogP contribution in [0.5, 0.6) is 0 Å². The van der Waals surface area contributed by atoms with E-state index in [9.17, 15) is 5.11 Å². The van der Waals surface area contributed by atoms with Gasteiger partial charge in [-0.3, -0.25) is 4.90 Å². The molecule has 1 aromatic heterocycles. The molecule has 1 aromatic carbocycles. The summed E-state index contributed by atoms with van der Waals surface area (Å²) in [6.07, 6.45) is 10.1. The number of nitrogens with zero attached hydrogens (tertiary/aromatic N) is 4. The highest BCUT2D eigenvalue weighted by atomic mass is 16.3. The maximum absolute atomic E-state index is 11.1. The van der Waals surface area contributed by atoms with Crippen LogP contribution in [0, 0.1) is 0 Å². The molecule has 2 saturated heterocycles. The minimum Gasteiger partial charge on any atom is -0.387 e. The quantitative estimate of drug-likeness (QED) is 0.907. The number of benzene rings is 1. The van der Waals surface area contributed by atoms with E-state index in [0.717, 1.165) is 57.8 Å². The summed E-state index contributed by atoms with van der Waals surface area (Å²) in [5, 5.41) is 11.1. The second-order valence-electron chi connectivity index (χ2n) is 7.66. The highest BCUT2D eigenvalue weighted by Gasteiger charge is 2.35. The highest BCUT2D eigenvalue weighted by Crippen LogP contribution is 2.25.